The molecule has 0 saturated heterocycles. The van der Waals surface area contributed by atoms with Gasteiger partial charge in [-0.1, -0.05) is 0 Å². The molecule has 0 aromatic rings. The van der Waals surface area contributed by atoms with Crippen LogP contribution < -0.4 is 27.8 Å². The lowest BCUT2D eigenvalue weighted by atomic mass is 10.0. The van der Waals surface area contributed by atoms with Crippen LogP contribution in [0.15, 0.2) is 0 Å². The largest absolute Gasteiger partial charge is 0.480 e. The molecule has 0 bridgehead atoms. The van der Waals surface area contributed by atoms with E-state index in [-0.39, 0.29) is 19.4 Å². The number of carbonyl (C=O) groups is 4. The molecular formula is C10H19N5O6. The number of carboxylic acid groups (broad SMARTS) is 2. The second-order valence-electron chi connectivity index (χ2n) is 4.23. The highest BCUT2D eigenvalue weighted by molar-refractivity contribution is 5.89. The molecule has 0 aliphatic carbocycles. The molecule has 3 atom stereocenters. The summed E-state index contributed by atoms with van der Waals surface area (Å²) in [5, 5.41) is 22.3. The molecule has 0 saturated carbocycles. The van der Waals surface area contributed by atoms with Gasteiger partial charge in [-0.25, -0.2) is 4.79 Å². The van der Waals surface area contributed by atoms with E-state index < -0.39 is 42.0 Å². The molecule has 1 unspecified atom stereocenters. The zero-order valence-electron chi connectivity index (χ0n) is 11.1. The Hall–Kier alpha value is -2.40. The van der Waals surface area contributed by atoms with Crippen molar-refractivity contribution in [2.45, 2.75) is 31.0 Å². The summed E-state index contributed by atoms with van der Waals surface area (Å²) < 4.78 is 0. The molecule has 0 rings (SSSR count). The SMILES string of the molecule is NC(=O)NCCC[C@H](NC(C(N)=O)[C@H](N)C(=O)O)C(=O)O. The second-order valence-corrected chi connectivity index (χ2v) is 4.23. The lowest BCUT2D eigenvalue weighted by Crippen LogP contribution is -2.60. The van der Waals surface area contributed by atoms with E-state index in [1.807, 2.05) is 0 Å². The molecule has 10 N–H and O–H groups in total. The highest BCUT2D eigenvalue weighted by atomic mass is 16.4. The molecule has 0 aromatic heterocycles. The third-order valence-corrected chi connectivity index (χ3v) is 2.60. The molecule has 120 valence electrons. The number of nitrogens with one attached hydrogen (secondary N) is 2. The van der Waals surface area contributed by atoms with Crippen LogP contribution in [-0.4, -0.2) is 58.8 Å². The van der Waals surface area contributed by atoms with E-state index in [0.717, 1.165) is 0 Å². The second kappa shape index (κ2) is 8.71. The number of carboxylic acids is 2. The van der Waals surface area contributed by atoms with Gasteiger partial charge in [0.15, 0.2) is 0 Å². The molecule has 0 spiro atoms. The predicted octanol–water partition coefficient (Wildman–Crippen LogP) is -3.26. The lowest BCUT2D eigenvalue weighted by molar-refractivity contribution is -0.144. The molecule has 21 heavy (non-hydrogen) atoms. The van der Waals surface area contributed by atoms with Crippen LogP contribution in [0.25, 0.3) is 0 Å². The summed E-state index contributed by atoms with van der Waals surface area (Å²) in [4.78, 5) is 43.4. The minimum atomic E-state index is -1.67. The van der Waals surface area contributed by atoms with E-state index in [1.165, 1.54) is 0 Å². The number of aliphatic carboxylic acids is 2. The van der Waals surface area contributed by atoms with Crippen molar-refractivity contribution in [2.75, 3.05) is 6.54 Å². The zero-order chi connectivity index (χ0) is 16.6. The van der Waals surface area contributed by atoms with Crippen molar-refractivity contribution >= 4 is 23.9 Å². The van der Waals surface area contributed by atoms with E-state index in [2.05, 4.69) is 10.6 Å². The van der Waals surface area contributed by atoms with Gasteiger partial charge in [-0.15, -0.1) is 0 Å². The molecular weight excluding hydrogens is 286 g/mol. The summed E-state index contributed by atoms with van der Waals surface area (Å²) in [6.07, 6.45) is 0.242. The lowest BCUT2D eigenvalue weighted by Gasteiger charge is -2.23. The van der Waals surface area contributed by atoms with Gasteiger partial charge in [0.2, 0.25) is 5.91 Å². The van der Waals surface area contributed by atoms with Gasteiger partial charge in [0.1, 0.15) is 18.1 Å². The van der Waals surface area contributed by atoms with Gasteiger partial charge < -0.3 is 32.7 Å². The van der Waals surface area contributed by atoms with E-state index in [9.17, 15) is 19.2 Å². The third kappa shape index (κ3) is 7.08. The van der Waals surface area contributed by atoms with Crippen LogP contribution in [-0.2, 0) is 14.4 Å². The first-order valence-electron chi connectivity index (χ1n) is 5.96. The Bertz CT molecular complexity index is 415. The predicted molar refractivity (Wildman–Crippen MR) is 70.0 cm³/mol. The number of rotatable bonds is 10. The van der Waals surface area contributed by atoms with Gasteiger partial charge in [-0.05, 0) is 12.8 Å². The molecule has 0 aliphatic rings. The maximum absolute atomic E-state index is 11.2. The van der Waals surface area contributed by atoms with Crippen LogP contribution in [0, 0.1) is 0 Å². The van der Waals surface area contributed by atoms with Crippen molar-refractivity contribution in [3.05, 3.63) is 0 Å². The number of carbonyl (C=O) groups excluding carboxylic acids is 2. The van der Waals surface area contributed by atoms with Gasteiger partial charge in [-0.2, -0.15) is 0 Å². The fraction of sp³-hybridized carbons (Fsp3) is 0.600. The standard InChI is InChI=1S/C10H19N5O6/c11-5(9(19)20)6(7(12)16)15-4(8(17)18)2-1-3-14-10(13)21/h4-6,15H,1-3,11H2,(H2,12,16)(H,17,18)(H,19,20)(H3,13,14,21)/t4-,5-,6?/m0/s1. The number of primary amides is 2. The Morgan fingerprint density at radius 2 is 1.62 bits per heavy atom. The summed E-state index contributed by atoms with van der Waals surface area (Å²) in [7, 11) is 0. The number of hydrogen-bond donors (Lipinski definition) is 7. The number of amides is 3. The van der Waals surface area contributed by atoms with Crippen LogP contribution in [0.5, 0.6) is 0 Å². The molecule has 0 radical (unpaired) electrons. The van der Waals surface area contributed by atoms with Gasteiger partial charge >= 0.3 is 18.0 Å². The van der Waals surface area contributed by atoms with Crippen LogP contribution in [0.3, 0.4) is 0 Å². The van der Waals surface area contributed by atoms with Crippen molar-refractivity contribution in [1.82, 2.24) is 10.6 Å². The summed E-state index contributed by atoms with van der Waals surface area (Å²) in [6.45, 7) is 0.132. The smallest absolute Gasteiger partial charge is 0.322 e. The topological polar surface area (TPSA) is 211 Å². The number of urea groups is 1. The van der Waals surface area contributed by atoms with Crippen molar-refractivity contribution in [2.24, 2.45) is 17.2 Å². The van der Waals surface area contributed by atoms with E-state index in [1.54, 1.807) is 0 Å². The molecule has 0 aliphatic heterocycles. The molecule has 3 amide bonds. The van der Waals surface area contributed by atoms with Gasteiger partial charge in [0.05, 0.1) is 0 Å². The Balaban J connectivity index is 4.64. The third-order valence-electron chi connectivity index (χ3n) is 2.60. The minimum absolute atomic E-state index is 0.00569. The number of hydrogen-bond acceptors (Lipinski definition) is 6. The van der Waals surface area contributed by atoms with Crippen LogP contribution >= 0.6 is 0 Å². The monoisotopic (exact) mass is 305 g/mol. The van der Waals surface area contributed by atoms with Crippen LogP contribution in [0.2, 0.25) is 0 Å². The van der Waals surface area contributed by atoms with Crippen molar-refractivity contribution < 1.29 is 29.4 Å². The Morgan fingerprint density at radius 1 is 1.05 bits per heavy atom. The highest BCUT2D eigenvalue weighted by Crippen LogP contribution is 2.01. The maximum atomic E-state index is 11.2. The Morgan fingerprint density at radius 3 is 2.00 bits per heavy atom. The van der Waals surface area contributed by atoms with Crippen LogP contribution in [0.4, 0.5) is 4.79 Å². The first-order valence-corrected chi connectivity index (χ1v) is 5.96. The van der Waals surface area contributed by atoms with E-state index in [4.69, 9.17) is 27.4 Å². The molecule has 0 fully saturated rings. The van der Waals surface area contributed by atoms with E-state index in [0.29, 0.717) is 0 Å². The summed E-state index contributed by atoms with van der Waals surface area (Å²) >= 11 is 0. The highest BCUT2D eigenvalue weighted by Gasteiger charge is 2.32. The summed E-state index contributed by atoms with van der Waals surface area (Å²) in [5.41, 5.74) is 15.1. The number of nitrogens with two attached hydrogens (primary N) is 3. The zero-order valence-corrected chi connectivity index (χ0v) is 11.1. The van der Waals surface area contributed by atoms with Crippen molar-refractivity contribution in [3.63, 3.8) is 0 Å². The van der Waals surface area contributed by atoms with E-state index >= 15 is 0 Å². The first kappa shape index (κ1) is 18.6. The normalized spacial score (nSPS) is 14.7. The van der Waals surface area contributed by atoms with Gasteiger partial charge in [0.25, 0.3) is 0 Å². The average molecular weight is 305 g/mol. The molecule has 0 heterocycles. The first-order chi connectivity index (χ1) is 9.66. The van der Waals surface area contributed by atoms with Gasteiger partial charge in [-0.3, -0.25) is 19.7 Å². The summed E-state index contributed by atoms with van der Waals surface area (Å²) in [5.74, 6) is -3.88. The fourth-order valence-electron chi connectivity index (χ4n) is 1.52. The van der Waals surface area contributed by atoms with Crippen molar-refractivity contribution in [3.8, 4) is 0 Å². The summed E-state index contributed by atoms with van der Waals surface area (Å²) in [6, 6.07) is -5.21. The quantitative estimate of drug-likeness (QED) is 0.203. The fourth-order valence-corrected chi connectivity index (χ4v) is 1.52. The van der Waals surface area contributed by atoms with Crippen molar-refractivity contribution in [1.29, 1.82) is 0 Å². The molecule has 11 heteroatoms. The molecule has 11 nitrogen and oxygen atoms in total. The average Bonchev–Trinajstić information content (AvgIpc) is 2.35. The molecule has 0 aromatic carbocycles. The maximum Gasteiger partial charge on any atom is 0.322 e. The van der Waals surface area contributed by atoms with Crippen LogP contribution in [0.1, 0.15) is 12.8 Å². The van der Waals surface area contributed by atoms with Gasteiger partial charge in [0, 0.05) is 6.54 Å². The Labute approximate surface area is 119 Å². The minimum Gasteiger partial charge on any atom is -0.480 e. The Kier molecular flexibility index (Phi) is 7.71.